The molecule has 1 aliphatic heterocycles. The number of nitrogens with zero attached hydrogens (tertiary/aromatic N) is 2. The molecule has 2 aromatic rings. The van der Waals surface area contributed by atoms with E-state index >= 15 is 0 Å². The van der Waals surface area contributed by atoms with Crippen molar-refractivity contribution in [1.82, 2.24) is 8.61 Å². The van der Waals surface area contributed by atoms with Gasteiger partial charge in [0.05, 0.1) is 30.6 Å². The van der Waals surface area contributed by atoms with E-state index in [1.54, 1.807) is 19.1 Å². The van der Waals surface area contributed by atoms with Crippen LogP contribution in [-0.4, -0.2) is 72.5 Å². The molecule has 1 saturated heterocycles. The zero-order chi connectivity index (χ0) is 24.2. The van der Waals surface area contributed by atoms with Crippen molar-refractivity contribution in [1.29, 1.82) is 0 Å². The summed E-state index contributed by atoms with van der Waals surface area (Å²) in [7, 11) is -4.67. The lowest BCUT2D eigenvalue weighted by Crippen LogP contribution is -2.50. The van der Waals surface area contributed by atoms with Crippen molar-refractivity contribution in [3.05, 3.63) is 42.0 Å². The van der Waals surface area contributed by atoms with Crippen LogP contribution in [0, 0.1) is 6.92 Å². The van der Waals surface area contributed by atoms with Gasteiger partial charge in [0.1, 0.15) is 5.75 Å². The van der Waals surface area contributed by atoms with Crippen LogP contribution in [-0.2, 0) is 20.0 Å². The van der Waals surface area contributed by atoms with E-state index in [0.717, 1.165) is 12.0 Å². The molecule has 1 fully saturated rings. The minimum Gasteiger partial charge on any atom is -0.493 e. The number of hydrogen-bond donors (Lipinski definition) is 0. The molecule has 1 aliphatic rings. The molecule has 0 atom stereocenters. The van der Waals surface area contributed by atoms with Crippen molar-refractivity contribution in [2.75, 3.05) is 47.0 Å². The van der Waals surface area contributed by atoms with E-state index in [9.17, 15) is 16.8 Å². The maximum atomic E-state index is 13.1. The van der Waals surface area contributed by atoms with Crippen LogP contribution in [0.25, 0.3) is 0 Å². The van der Waals surface area contributed by atoms with Gasteiger partial charge in [0, 0.05) is 32.2 Å². The molecule has 0 saturated carbocycles. The third kappa shape index (κ3) is 5.26. The molecule has 0 N–H and O–H groups in total. The van der Waals surface area contributed by atoms with Gasteiger partial charge in [-0.15, -0.1) is 0 Å². The molecule has 11 heteroatoms. The maximum absolute atomic E-state index is 13.1. The van der Waals surface area contributed by atoms with Crippen LogP contribution in [0.15, 0.2) is 46.2 Å². The smallest absolute Gasteiger partial charge is 0.243 e. The summed E-state index contributed by atoms with van der Waals surface area (Å²) >= 11 is 0. The third-order valence-corrected chi connectivity index (χ3v) is 9.23. The SMILES string of the molecule is CCCOc1ccc(S(=O)(=O)N2CCN(S(=O)(=O)c3ccc(OC)c(OC)c3)CC2)cc1C. The summed E-state index contributed by atoms with van der Waals surface area (Å²) in [5.74, 6) is 1.39. The van der Waals surface area contributed by atoms with Crippen LogP contribution in [0.2, 0.25) is 0 Å². The van der Waals surface area contributed by atoms with Crippen molar-refractivity contribution >= 4 is 20.0 Å². The second-order valence-electron chi connectivity index (χ2n) is 7.60. The van der Waals surface area contributed by atoms with Crippen molar-refractivity contribution in [2.24, 2.45) is 0 Å². The minimum atomic E-state index is -3.81. The molecule has 182 valence electrons. The van der Waals surface area contributed by atoms with E-state index in [1.807, 2.05) is 6.92 Å². The lowest BCUT2D eigenvalue weighted by Gasteiger charge is -2.33. The summed E-state index contributed by atoms with van der Waals surface area (Å²) in [6.07, 6.45) is 0.857. The molecule has 2 aromatic carbocycles. The molecule has 0 radical (unpaired) electrons. The summed E-state index contributed by atoms with van der Waals surface area (Å²) in [5.41, 5.74) is 0.735. The summed E-state index contributed by atoms with van der Waals surface area (Å²) < 4.78 is 71.1. The predicted molar refractivity (Wildman–Crippen MR) is 124 cm³/mol. The molecule has 33 heavy (non-hydrogen) atoms. The zero-order valence-electron chi connectivity index (χ0n) is 19.3. The fourth-order valence-electron chi connectivity index (χ4n) is 3.58. The van der Waals surface area contributed by atoms with Gasteiger partial charge in [0.25, 0.3) is 0 Å². The number of piperazine rings is 1. The predicted octanol–water partition coefficient (Wildman–Crippen LogP) is 2.50. The lowest BCUT2D eigenvalue weighted by atomic mass is 10.2. The van der Waals surface area contributed by atoms with Gasteiger partial charge in [-0.1, -0.05) is 6.92 Å². The van der Waals surface area contributed by atoms with Crippen molar-refractivity contribution < 1.29 is 31.0 Å². The highest BCUT2D eigenvalue weighted by Crippen LogP contribution is 2.31. The van der Waals surface area contributed by atoms with E-state index in [0.29, 0.717) is 23.9 Å². The Kier molecular flexibility index (Phi) is 7.88. The Morgan fingerprint density at radius 1 is 0.758 bits per heavy atom. The Hall–Kier alpha value is -2.34. The first-order valence-electron chi connectivity index (χ1n) is 10.6. The molecule has 0 aromatic heterocycles. The molecule has 0 amide bonds. The number of hydrogen-bond acceptors (Lipinski definition) is 7. The topological polar surface area (TPSA) is 102 Å². The van der Waals surface area contributed by atoms with Crippen LogP contribution in [0.5, 0.6) is 17.2 Å². The largest absolute Gasteiger partial charge is 0.493 e. The fraction of sp³-hybridized carbons (Fsp3) is 0.455. The normalized spacial score (nSPS) is 15.9. The second-order valence-corrected chi connectivity index (χ2v) is 11.5. The standard InChI is InChI=1S/C22H30N2O7S2/c1-5-14-31-20-8-6-18(15-17(20)2)32(25,26)23-10-12-24(13-11-23)33(27,28)19-7-9-21(29-3)22(16-19)30-4/h6-9,15-16H,5,10-14H2,1-4H3. The first kappa shape index (κ1) is 25.3. The van der Waals surface area contributed by atoms with E-state index in [-0.39, 0.29) is 36.0 Å². The van der Waals surface area contributed by atoms with Crippen LogP contribution in [0.3, 0.4) is 0 Å². The van der Waals surface area contributed by atoms with Crippen molar-refractivity contribution in [3.8, 4) is 17.2 Å². The first-order valence-corrected chi connectivity index (χ1v) is 13.5. The Labute approximate surface area is 196 Å². The Morgan fingerprint density at radius 3 is 1.70 bits per heavy atom. The van der Waals surface area contributed by atoms with Gasteiger partial charge in [0.2, 0.25) is 20.0 Å². The number of benzene rings is 2. The average molecular weight is 499 g/mol. The highest BCUT2D eigenvalue weighted by molar-refractivity contribution is 7.89. The number of aryl methyl sites for hydroxylation is 1. The van der Waals surface area contributed by atoms with Crippen LogP contribution in [0.1, 0.15) is 18.9 Å². The van der Waals surface area contributed by atoms with Gasteiger partial charge < -0.3 is 14.2 Å². The second kappa shape index (κ2) is 10.3. The van der Waals surface area contributed by atoms with Gasteiger partial charge in [-0.2, -0.15) is 8.61 Å². The Balaban J connectivity index is 1.74. The Bertz CT molecular complexity index is 1190. The third-order valence-electron chi connectivity index (χ3n) is 5.44. The highest BCUT2D eigenvalue weighted by Gasteiger charge is 2.34. The quantitative estimate of drug-likeness (QED) is 0.523. The van der Waals surface area contributed by atoms with Crippen molar-refractivity contribution in [3.63, 3.8) is 0 Å². The van der Waals surface area contributed by atoms with Gasteiger partial charge >= 0.3 is 0 Å². The molecule has 1 heterocycles. The van der Waals surface area contributed by atoms with Gasteiger partial charge in [-0.25, -0.2) is 16.8 Å². The van der Waals surface area contributed by atoms with Crippen LogP contribution < -0.4 is 14.2 Å². The monoisotopic (exact) mass is 498 g/mol. The number of rotatable bonds is 9. The van der Waals surface area contributed by atoms with Crippen LogP contribution >= 0.6 is 0 Å². The molecule has 0 bridgehead atoms. The van der Waals surface area contributed by atoms with Gasteiger partial charge in [0.15, 0.2) is 11.5 Å². The molecule has 0 aliphatic carbocycles. The van der Waals surface area contributed by atoms with Crippen LogP contribution in [0.4, 0.5) is 0 Å². The van der Waals surface area contributed by atoms with Gasteiger partial charge in [-0.3, -0.25) is 0 Å². The molecule has 0 spiro atoms. The Morgan fingerprint density at radius 2 is 1.24 bits per heavy atom. The zero-order valence-corrected chi connectivity index (χ0v) is 20.9. The molecular formula is C22H30N2O7S2. The molecule has 0 unspecified atom stereocenters. The summed E-state index contributed by atoms with van der Waals surface area (Å²) in [5, 5.41) is 0. The lowest BCUT2D eigenvalue weighted by molar-refractivity contribution is 0.272. The summed E-state index contributed by atoms with van der Waals surface area (Å²) in [6.45, 7) is 4.57. The molecular weight excluding hydrogens is 468 g/mol. The van der Waals surface area contributed by atoms with E-state index < -0.39 is 20.0 Å². The van der Waals surface area contributed by atoms with E-state index in [4.69, 9.17) is 14.2 Å². The van der Waals surface area contributed by atoms with Gasteiger partial charge in [-0.05, 0) is 49.2 Å². The van der Waals surface area contributed by atoms with E-state index in [1.165, 1.54) is 47.1 Å². The number of methoxy groups -OCH3 is 2. The highest BCUT2D eigenvalue weighted by atomic mass is 32.2. The van der Waals surface area contributed by atoms with Crippen molar-refractivity contribution in [2.45, 2.75) is 30.1 Å². The minimum absolute atomic E-state index is 0.0482. The maximum Gasteiger partial charge on any atom is 0.243 e. The number of ether oxygens (including phenoxy) is 3. The average Bonchev–Trinajstić information content (AvgIpc) is 2.82. The summed E-state index contributed by atoms with van der Waals surface area (Å²) in [4.78, 5) is 0.231. The summed E-state index contributed by atoms with van der Waals surface area (Å²) in [6, 6.07) is 9.17. The first-order chi connectivity index (χ1) is 15.6. The van der Waals surface area contributed by atoms with E-state index in [2.05, 4.69) is 0 Å². The number of sulfonamides is 2. The molecule has 9 nitrogen and oxygen atoms in total. The molecule has 3 rings (SSSR count). The fourth-order valence-corrected chi connectivity index (χ4v) is 6.53.